The van der Waals surface area contributed by atoms with Crippen LogP contribution < -0.4 is 10.1 Å². The van der Waals surface area contributed by atoms with Crippen molar-refractivity contribution < 1.29 is 9.53 Å². The number of carbonyl (C=O) groups excluding carboxylic acids is 1. The lowest BCUT2D eigenvalue weighted by Gasteiger charge is -2.13. The minimum absolute atomic E-state index is 0.0170. The first-order valence-electron chi connectivity index (χ1n) is 7.18. The summed E-state index contributed by atoms with van der Waals surface area (Å²) in [7, 11) is 1.64. The lowest BCUT2D eigenvalue weighted by Crippen LogP contribution is -2.20. The molecular weight excluding hydrogens is 298 g/mol. The summed E-state index contributed by atoms with van der Waals surface area (Å²) in [6.45, 7) is 4.43. The summed E-state index contributed by atoms with van der Waals surface area (Å²) in [4.78, 5) is 11.6. The van der Waals surface area contributed by atoms with Gasteiger partial charge < -0.3 is 10.1 Å². The lowest BCUT2D eigenvalue weighted by atomic mass is 10.0. The number of likely N-dealkylation sites (N-methyl/N-ethyl adjacent to an activating group) is 1. The standard InChI is InChI=1S/C18H20ClNO2/c1-12-8-16(19)17(9-13(12)2)22-11-15-7-5-4-6-14(15)10-18(21)20-3/h4-9H,10-11H2,1-3H3,(H,20,21). The van der Waals surface area contributed by atoms with Crippen LogP contribution in [0.4, 0.5) is 0 Å². The molecule has 2 aromatic carbocycles. The Bertz CT molecular complexity index is 683. The number of hydrogen-bond donors (Lipinski definition) is 1. The highest BCUT2D eigenvalue weighted by Gasteiger charge is 2.09. The fraction of sp³-hybridized carbons (Fsp3) is 0.278. The van der Waals surface area contributed by atoms with E-state index < -0.39 is 0 Å². The molecule has 0 saturated heterocycles. The van der Waals surface area contributed by atoms with Gasteiger partial charge >= 0.3 is 0 Å². The molecule has 0 spiro atoms. The van der Waals surface area contributed by atoms with Gasteiger partial charge in [-0.15, -0.1) is 0 Å². The van der Waals surface area contributed by atoms with Gasteiger partial charge in [-0.2, -0.15) is 0 Å². The largest absolute Gasteiger partial charge is 0.487 e. The highest BCUT2D eigenvalue weighted by atomic mass is 35.5. The molecule has 0 aliphatic carbocycles. The zero-order valence-corrected chi connectivity index (χ0v) is 13.8. The Hall–Kier alpha value is -2.00. The van der Waals surface area contributed by atoms with Crippen LogP contribution in [0.25, 0.3) is 0 Å². The molecule has 1 amide bonds. The smallest absolute Gasteiger partial charge is 0.224 e. The molecule has 0 saturated carbocycles. The van der Waals surface area contributed by atoms with Crippen molar-refractivity contribution in [2.75, 3.05) is 7.05 Å². The van der Waals surface area contributed by atoms with E-state index in [1.54, 1.807) is 7.05 Å². The van der Waals surface area contributed by atoms with Gasteiger partial charge in [-0.05, 0) is 48.2 Å². The molecule has 0 aliphatic heterocycles. The molecule has 0 atom stereocenters. The SMILES string of the molecule is CNC(=O)Cc1ccccc1COc1cc(C)c(C)cc1Cl. The minimum atomic E-state index is -0.0170. The van der Waals surface area contributed by atoms with Gasteiger partial charge in [-0.3, -0.25) is 4.79 Å². The predicted octanol–water partition coefficient (Wildman–Crippen LogP) is 3.82. The van der Waals surface area contributed by atoms with Gasteiger partial charge in [0, 0.05) is 7.05 Å². The van der Waals surface area contributed by atoms with E-state index in [9.17, 15) is 4.79 Å². The molecule has 3 nitrogen and oxygen atoms in total. The predicted molar refractivity (Wildman–Crippen MR) is 89.5 cm³/mol. The van der Waals surface area contributed by atoms with Crippen LogP contribution >= 0.6 is 11.6 Å². The molecule has 0 unspecified atom stereocenters. The van der Waals surface area contributed by atoms with Crippen LogP contribution in [0.2, 0.25) is 5.02 Å². The summed E-state index contributed by atoms with van der Waals surface area (Å²) in [5, 5.41) is 3.24. The Morgan fingerprint density at radius 1 is 1.14 bits per heavy atom. The van der Waals surface area contributed by atoms with E-state index in [0.717, 1.165) is 22.3 Å². The van der Waals surface area contributed by atoms with Gasteiger partial charge in [0.1, 0.15) is 12.4 Å². The summed E-state index contributed by atoms with van der Waals surface area (Å²) in [6.07, 6.45) is 0.344. The van der Waals surface area contributed by atoms with Crippen molar-refractivity contribution in [3.05, 3.63) is 63.7 Å². The Labute approximate surface area is 136 Å². The van der Waals surface area contributed by atoms with E-state index in [2.05, 4.69) is 5.32 Å². The zero-order valence-electron chi connectivity index (χ0n) is 13.1. The van der Waals surface area contributed by atoms with E-state index in [1.165, 1.54) is 0 Å². The van der Waals surface area contributed by atoms with Crippen molar-refractivity contribution in [2.45, 2.75) is 26.9 Å². The van der Waals surface area contributed by atoms with E-state index in [1.807, 2.05) is 50.2 Å². The molecule has 2 rings (SSSR count). The topological polar surface area (TPSA) is 38.3 Å². The zero-order chi connectivity index (χ0) is 16.1. The third kappa shape index (κ3) is 4.01. The molecule has 0 bridgehead atoms. The summed E-state index contributed by atoms with van der Waals surface area (Å²) in [5.41, 5.74) is 4.22. The number of ether oxygens (including phenoxy) is 1. The molecule has 0 fully saturated rings. The monoisotopic (exact) mass is 317 g/mol. The van der Waals surface area contributed by atoms with Crippen LogP contribution in [0.15, 0.2) is 36.4 Å². The molecule has 0 heterocycles. The van der Waals surface area contributed by atoms with Crippen molar-refractivity contribution in [1.29, 1.82) is 0 Å². The maximum Gasteiger partial charge on any atom is 0.224 e. The minimum Gasteiger partial charge on any atom is -0.487 e. The van der Waals surface area contributed by atoms with E-state index in [0.29, 0.717) is 23.8 Å². The Morgan fingerprint density at radius 2 is 1.77 bits per heavy atom. The number of hydrogen-bond acceptors (Lipinski definition) is 2. The van der Waals surface area contributed by atoms with Crippen molar-refractivity contribution >= 4 is 17.5 Å². The number of carbonyl (C=O) groups is 1. The van der Waals surface area contributed by atoms with Gasteiger partial charge in [0.25, 0.3) is 0 Å². The maximum atomic E-state index is 11.6. The van der Waals surface area contributed by atoms with Crippen LogP contribution in [-0.4, -0.2) is 13.0 Å². The van der Waals surface area contributed by atoms with E-state index in [-0.39, 0.29) is 5.91 Å². The first-order valence-corrected chi connectivity index (χ1v) is 7.56. The van der Waals surface area contributed by atoms with Crippen molar-refractivity contribution in [1.82, 2.24) is 5.32 Å². The van der Waals surface area contributed by atoms with Crippen LogP contribution in [0.5, 0.6) is 5.75 Å². The van der Waals surface area contributed by atoms with Crippen molar-refractivity contribution in [3.63, 3.8) is 0 Å². The van der Waals surface area contributed by atoms with Gasteiger partial charge in [-0.25, -0.2) is 0 Å². The number of halogens is 1. The number of benzene rings is 2. The van der Waals surface area contributed by atoms with Crippen LogP contribution in [0, 0.1) is 13.8 Å². The molecule has 116 valence electrons. The lowest BCUT2D eigenvalue weighted by molar-refractivity contribution is -0.119. The number of aryl methyl sites for hydroxylation is 2. The molecule has 22 heavy (non-hydrogen) atoms. The van der Waals surface area contributed by atoms with Crippen LogP contribution in [0.3, 0.4) is 0 Å². The van der Waals surface area contributed by atoms with Crippen LogP contribution in [0.1, 0.15) is 22.3 Å². The van der Waals surface area contributed by atoms with Gasteiger partial charge in [0.05, 0.1) is 11.4 Å². The average molecular weight is 318 g/mol. The quantitative estimate of drug-likeness (QED) is 0.910. The molecule has 1 N–H and O–H groups in total. The molecule has 0 aliphatic rings. The first-order chi connectivity index (χ1) is 10.5. The van der Waals surface area contributed by atoms with Gasteiger partial charge in [0.2, 0.25) is 5.91 Å². The fourth-order valence-electron chi connectivity index (χ4n) is 2.15. The van der Waals surface area contributed by atoms with Crippen molar-refractivity contribution in [3.8, 4) is 5.75 Å². The third-order valence-electron chi connectivity index (χ3n) is 3.68. The fourth-order valence-corrected chi connectivity index (χ4v) is 2.43. The summed E-state index contributed by atoms with van der Waals surface area (Å²) in [6, 6.07) is 11.6. The summed E-state index contributed by atoms with van der Waals surface area (Å²) in [5.74, 6) is 0.649. The molecular formula is C18H20ClNO2. The first kappa shape index (κ1) is 16.4. The summed E-state index contributed by atoms with van der Waals surface area (Å²) < 4.78 is 5.85. The number of rotatable bonds is 5. The normalized spacial score (nSPS) is 10.4. The third-order valence-corrected chi connectivity index (χ3v) is 3.98. The number of amides is 1. The second kappa shape index (κ2) is 7.32. The second-order valence-corrected chi connectivity index (χ2v) is 5.68. The Kier molecular flexibility index (Phi) is 5.45. The van der Waals surface area contributed by atoms with Crippen LogP contribution in [-0.2, 0) is 17.8 Å². The Balaban J connectivity index is 2.15. The highest BCUT2D eigenvalue weighted by Crippen LogP contribution is 2.28. The highest BCUT2D eigenvalue weighted by molar-refractivity contribution is 6.32. The summed E-state index contributed by atoms with van der Waals surface area (Å²) >= 11 is 6.23. The van der Waals surface area contributed by atoms with E-state index in [4.69, 9.17) is 16.3 Å². The molecule has 0 radical (unpaired) electrons. The van der Waals surface area contributed by atoms with Gasteiger partial charge in [-0.1, -0.05) is 35.9 Å². The Morgan fingerprint density at radius 3 is 2.45 bits per heavy atom. The van der Waals surface area contributed by atoms with E-state index >= 15 is 0 Å². The van der Waals surface area contributed by atoms with Gasteiger partial charge in [0.15, 0.2) is 0 Å². The maximum absolute atomic E-state index is 11.6. The molecule has 0 aromatic heterocycles. The number of nitrogens with one attached hydrogen (secondary N) is 1. The second-order valence-electron chi connectivity index (χ2n) is 5.27. The molecule has 4 heteroatoms. The molecule has 2 aromatic rings. The van der Waals surface area contributed by atoms with Crippen molar-refractivity contribution in [2.24, 2.45) is 0 Å². The average Bonchev–Trinajstić information content (AvgIpc) is 2.50.